The zero-order valence-electron chi connectivity index (χ0n) is 12.6. The molecule has 0 fully saturated rings. The molecule has 1 aromatic carbocycles. The number of hydrogen-bond donors (Lipinski definition) is 1. The van der Waals surface area contributed by atoms with Crippen LogP contribution in [-0.2, 0) is 11.3 Å². The van der Waals surface area contributed by atoms with Gasteiger partial charge >= 0.3 is 12.1 Å². The number of anilines is 1. The molecule has 0 saturated carbocycles. The second-order valence-corrected chi connectivity index (χ2v) is 6.34. The number of benzene rings is 1. The van der Waals surface area contributed by atoms with Crippen molar-refractivity contribution in [3.8, 4) is 11.5 Å². The summed E-state index contributed by atoms with van der Waals surface area (Å²) in [5.41, 5.74) is 0.381. The number of amides is 1. The molecule has 0 N–H and O–H groups in total. The highest BCUT2D eigenvalue weighted by molar-refractivity contribution is 7.83. The highest BCUT2D eigenvalue weighted by Crippen LogP contribution is 2.33. The second kappa shape index (κ2) is 7.31. The van der Waals surface area contributed by atoms with Crippen molar-refractivity contribution in [1.29, 1.82) is 0 Å². The number of methoxy groups -OCH3 is 2. The summed E-state index contributed by atoms with van der Waals surface area (Å²) in [7, 11) is 2.83. The summed E-state index contributed by atoms with van der Waals surface area (Å²) in [6.45, 7) is -0.355. The van der Waals surface area contributed by atoms with Gasteiger partial charge in [0.15, 0.2) is 5.13 Å². The maximum Gasteiger partial charge on any atom is 0.471 e. The Morgan fingerprint density at radius 1 is 1.33 bits per heavy atom. The highest BCUT2D eigenvalue weighted by atomic mass is 32.2. The largest absolute Gasteiger partial charge is 0.497 e. The van der Waals surface area contributed by atoms with Crippen LogP contribution in [0, 0.1) is 0 Å². The SMILES string of the molecule is COc1ccc(CN(C(=O)C(F)(F)F)c2ncc(S)s2)c(OC)c1. The first-order valence-electron chi connectivity index (χ1n) is 6.50. The van der Waals surface area contributed by atoms with Crippen molar-refractivity contribution in [2.45, 2.75) is 16.9 Å². The maximum atomic E-state index is 12.9. The van der Waals surface area contributed by atoms with E-state index in [4.69, 9.17) is 9.47 Å². The summed E-state index contributed by atoms with van der Waals surface area (Å²) < 4.78 is 49.3. The van der Waals surface area contributed by atoms with Gasteiger partial charge in [-0.3, -0.25) is 9.69 Å². The van der Waals surface area contributed by atoms with Crippen LogP contribution in [0.4, 0.5) is 18.3 Å². The molecule has 2 rings (SSSR count). The van der Waals surface area contributed by atoms with Crippen molar-refractivity contribution in [2.24, 2.45) is 0 Å². The van der Waals surface area contributed by atoms with Gasteiger partial charge in [-0.1, -0.05) is 11.3 Å². The third-order valence-corrected chi connectivity index (χ3v) is 4.23. The van der Waals surface area contributed by atoms with Crippen LogP contribution in [0.5, 0.6) is 11.5 Å². The number of ether oxygens (including phenoxy) is 2. The number of carbonyl (C=O) groups is 1. The second-order valence-electron chi connectivity index (χ2n) is 4.55. The van der Waals surface area contributed by atoms with Crippen LogP contribution in [0.2, 0.25) is 0 Å². The normalized spacial score (nSPS) is 11.2. The van der Waals surface area contributed by atoms with E-state index in [0.717, 1.165) is 11.3 Å². The third kappa shape index (κ3) is 4.12. The van der Waals surface area contributed by atoms with E-state index in [1.54, 1.807) is 6.07 Å². The van der Waals surface area contributed by atoms with Crippen LogP contribution >= 0.6 is 24.0 Å². The summed E-state index contributed by atoms with van der Waals surface area (Å²) in [5, 5.41) is -0.0970. The van der Waals surface area contributed by atoms with E-state index in [1.807, 2.05) is 0 Å². The summed E-state index contributed by atoms with van der Waals surface area (Å²) in [4.78, 5) is 16.1. The molecule has 0 unspecified atom stereocenters. The summed E-state index contributed by atoms with van der Waals surface area (Å²) in [6.07, 6.45) is -3.74. The first kappa shape index (κ1) is 18.4. The van der Waals surface area contributed by atoms with Crippen LogP contribution in [0.15, 0.2) is 28.6 Å². The molecule has 5 nitrogen and oxygen atoms in total. The molecule has 0 bridgehead atoms. The molecule has 0 spiro atoms. The molecule has 0 radical (unpaired) electrons. The van der Waals surface area contributed by atoms with Gasteiger partial charge < -0.3 is 9.47 Å². The van der Waals surface area contributed by atoms with Crippen LogP contribution in [0.1, 0.15) is 5.56 Å². The molecule has 0 aliphatic rings. The Labute approximate surface area is 145 Å². The molecule has 0 saturated heterocycles. The van der Waals surface area contributed by atoms with E-state index in [1.165, 1.54) is 32.5 Å². The minimum atomic E-state index is -5.03. The molecule has 1 aromatic heterocycles. The van der Waals surface area contributed by atoms with Crippen molar-refractivity contribution in [3.05, 3.63) is 30.0 Å². The first-order valence-corrected chi connectivity index (χ1v) is 7.77. The van der Waals surface area contributed by atoms with Crippen LogP contribution in [-0.4, -0.2) is 31.3 Å². The lowest BCUT2D eigenvalue weighted by molar-refractivity contribution is -0.170. The van der Waals surface area contributed by atoms with Crippen molar-refractivity contribution >= 4 is 35.0 Å². The van der Waals surface area contributed by atoms with Crippen molar-refractivity contribution in [3.63, 3.8) is 0 Å². The fourth-order valence-corrected chi connectivity index (χ4v) is 2.87. The number of carbonyl (C=O) groups excluding carboxylic acids is 1. The lowest BCUT2D eigenvalue weighted by atomic mass is 10.1. The minimum Gasteiger partial charge on any atom is -0.497 e. The van der Waals surface area contributed by atoms with E-state index < -0.39 is 12.1 Å². The number of halogens is 3. The van der Waals surface area contributed by atoms with Gasteiger partial charge in [0.25, 0.3) is 0 Å². The Hall–Kier alpha value is -1.94. The van der Waals surface area contributed by atoms with Crippen molar-refractivity contribution < 1.29 is 27.4 Å². The lowest BCUT2D eigenvalue weighted by Crippen LogP contribution is -2.40. The highest BCUT2D eigenvalue weighted by Gasteiger charge is 2.44. The zero-order valence-corrected chi connectivity index (χ0v) is 14.3. The standard InChI is InChI=1S/C14H13F3N2O3S2/c1-21-9-4-3-8(10(5-9)22-2)7-19(12(20)14(15,16)17)13-18-6-11(23)24-13/h3-6,23H,7H2,1-2H3. The van der Waals surface area contributed by atoms with E-state index in [-0.39, 0.29) is 11.7 Å². The molecule has 10 heteroatoms. The zero-order chi connectivity index (χ0) is 17.9. The number of hydrogen-bond acceptors (Lipinski definition) is 6. The monoisotopic (exact) mass is 378 g/mol. The van der Waals surface area contributed by atoms with Gasteiger partial charge in [-0.2, -0.15) is 13.2 Å². The molecule has 24 heavy (non-hydrogen) atoms. The van der Waals surface area contributed by atoms with Gasteiger partial charge in [0.1, 0.15) is 11.5 Å². The Morgan fingerprint density at radius 3 is 2.54 bits per heavy atom. The van der Waals surface area contributed by atoms with Gasteiger partial charge in [-0.15, -0.1) is 12.6 Å². The van der Waals surface area contributed by atoms with E-state index in [9.17, 15) is 18.0 Å². The molecular weight excluding hydrogens is 365 g/mol. The topological polar surface area (TPSA) is 51.7 Å². The average molecular weight is 378 g/mol. The minimum absolute atomic E-state index is 0.0970. The van der Waals surface area contributed by atoms with Crippen molar-refractivity contribution in [1.82, 2.24) is 4.98 Å². The predicted molar refractivity (Wildman–Crippen MR) is 86.2 cm³/mol. The lowest BCUT2D eigenvalue weighted by Gasteiger charge is -2.22. The van der Waals surface area contributed by atoms with Crippen LogP contribution < -0.4 is 14.4 Å². The maximum absolute atomic E-state index is 12.9. The Kier molecular flexibility index (Phi) is 5.60. The molecule has 1 heterocycles. The number of rotatable bonds is 5. The first-order chi connectivity index (χ1) is 11.3. The van der Waals surface area contributed by atoms with E-state index in [0.29, 0.717) is 26.2 Å². The Balaban J connectivity index is 2.41. The number of aromatic nitrogens is 1. The predicted octanol–water partition coefficient (Wildman–Crippen LogP) is 3.54. The number of thiol groups is 1. The Morgan fingerprint density at radius 2 is 2.04 bits per heavy atom. The molecule has 0 aliphatic carbocycles. The van der Waals surface area contributed by atoms with Gasteiger partial charge in [-0.25, -0.2) is 4.98 Å². The molecule has 130 valence electrons. The van der Waals surface area contributed by atoms with Gasteiger partial charge in [0.05, 0.1) is 31.2 Å². The number of nitrogens with zero attached hydrogens (tertiary/aromatic N) is 2. The summed E-state index contributed by atoms with van der Waals surface area (Å²) >= 11 is 4.90. The molecule has 0 atom stereocenters. The molecule has 2 aromatic rings. The van der Waals surface area contributed by atoms with Gasteiger partial charge in [0.2, 0.25) is 0 Å². The van der Waals surface area contributed by atoms with E-state index >= 15 is 0 Å². The Bertz CT molecular complexity index is 734. The van der Waals surface area contributed by atoms with Gasteiger partial charge in [0, 0.05) is 11.6 Å². The molecule has 1 amide bonds. The summed E-state index contributed by atoms with van der Waals surface area (Å²) in [5.74, 6) is -1.23. The van der Waals surface area contributed by atoms with Gasteiger partial charge in [-0.05, 0) is 12.1 Å². The number of alkyl halides is 3. The summed E-state index contributed by atoms with van der Waals surface area (Å²) in [6, 6.07) is 4.63. The molecular formula is C14H13F3N2O3S2. The smallest absolute Gasteiger partial charge is 0.471 e. The molecule has 0 aliphatic heterocycles. The third-order valence-electron chi connectivity index (χ3n) is 3.02. The quantitative estimate of drug-likeness (QED) is 0.809. The van der Waals surface area contributed by atoms with Crippen molar-refractivity contribution in [2.75, 3.05) is 19.1 Å². The van der Waals surface area contributed by atoms with Crippen LogP contribution in [0.3, 0.4) is 0 Å². The fraction of sp³-hybridized carbons (Fsp3) is 0.286. The number of thiazole rings is 1. The average Bonchev–Trinajstić information content (AvgIpc) is 2.97. The van der Waals surface area contributed by atoms with Crippen LogP contribution in [0.25, 0.3) is 0 Å². The fourth-order valence-electron chi connectivity index (χ4n) is 1.91. The van der Waals surface area contributed by atoms with E-state index in [2.05, 4.69) is 17.6 Å².